The predicted molar refractivity (Wildman–Crippen MR) is 118 cm³/mol. The summed E-state index contributed by atoms with van der Waals surface area (Å²) in [5.74, 6) is 1.56. The molecule has 2 aromatic carbocycles. The zero-order valence-corrected chi connectivity index (χ0v) is 17.5. The van der Waals surface area contributed by atoms with Gasteiger partial charge in [-0.2, -0.15) is 0 Å². The van der Waals surface area contributed by atoms with Crippen molar-refractivity contribution < 1.29 is 17.6 Å². The highest BCUT2D eigenvalue weighted by Gasteiger charge is 2.24. The minimum Gasteiger partial charge on any atom is -0.457 e. The van der Waals surface area contributed by atoms with Crippen molar-refractivity contribution in [2.75, 3.05) is 0 Å². The van der Waals surface area contributed by atoms with Gasteiger partial charge in [0.05, 0.1) is 15.5 Å². The maximum Gasteiger partial charge on any atom is 0.289 e. The van der Waals surface area contributed by atoms with Crippen LogP contribution in [0.3, 0.4) is 0 Å². The summed E-state index contributed by atoms with van der Waals surface area (Å²) >= 11 is 1.04. The molecular weight excluding hydrogens is 422 g/mol. The lowest BCUT2D eigenvalue weighted by molar-refractivity contribution is 0.265. The Bertz CT molecular complexity index is 1270. The van der Waals surface area contributed by atoms with E-state index >= 15 is 0 Å². The lowest BCUT2D eigenvalue weighted by Crippen LogP contribution is -2.18. The molecule has 0 spiro atoms. The summed E-state index contributed by atoms with van der Waals surface area (Å²) in [6, 6.07) is 17.3. The van der Waals surface area contributed by atoms with Gasteiger partial charge < -0.3 is 9.73 Å². The van der Waals surface area contributed by atoms with Crippen LogP contribution in [0.2, 0.25) is 0 Å². The zero-order valence-electron chi connectivity index (χ0n) is 15.8. The topological polar surface area (TPSA) is 115 Å². The second-order valence-corrected chi connectivity index (χ2v) is 9.17. The Morgan fingerprint density at radius 3 is 2.40 bits per heavy atom. The van der Waals surface area contributed by atoms with Crippen LogP contribution in [0.5, 0.6) is 0 Å². The number of carbonyl (C=O) groups excluding carboxylic acids is 1. The molecule has 2 heterocycles. The molecule has 152 valence electrons. The molecular formula is C21H17N3O4S2. The number of thioether (sulfide) groups is 1. The minimum atomic E-state index is -3.75. The monoisotopic (exact) mass is 439 g/mol. The molecule has 0 radical (unpaired) electrons. The van der Waals surface area contributed by atoms with E-state index in [0.29, 0.717) is 27.8 Å². The fraction of sp³-hybridized carbons (Fsp3) is 0.0476. The Morgan fingerprint density at radius 2 is 1.73 bits per heavy atom. The highest BCUT2D eigenvalue weighted by Crippen LogP contribution is 2.30. The largest absolute Gasteiger partial charge is 0.457 e. The van der Waals surface area contributed by atoms with Crippen LogP contribution in [0.25, 0.3) is 17.4 Å². The van der Waals surface area contributed by atoms with Crippen molar-refractivity contribution in [3.05, 3.63) is 76.9 Å². The second kappa shape index (κ2) is 7.94. The highest BCUT2D eigenvalue weighted by molar-refractivity contribution is 8.18. The molecule has 1 fully saturated rings. The molecule has 0 saturated carbocycles. The number of hydrogen-bond acceptors (Lipinski definition) is 6. The van der Waals surface area contributed by atoms with Crippen LogP contribution in [0, 0.1) is 6.92 Å². The number of amides is 1. The number of nitrogens with two attached hydrogens (primary N) is 1. The number of furan rings is 1. The summed E-state index contributed by atoms with van der Waals surface area (Å²) < 4.78 is 28.6. The molecule has 7 nitrogen and oxygen atoms in total. The highest BCUT2D eigenvalue weighted by atomic mass is 32.2. The van der Waals surface area contributed by atoms with E-state index in [1.54, 1.807) is 30.3 Å². The molecule has 0 unspecified atom stereocenters. The van der Waals surface area contributed by atoms with E-state index in [1.807, 2.05) is 31.2 Å². The molecule has 3 N–H and O–H groups in total. The van der Waals surface area contributed by atoms with Crippen molar-refractivity contribution in [1.29, 1.82) is 0 Å². The van der Waals surface area contributed by atoms with Gasteiger partial charge in [-0.1, -0.05) is 17.7 Å². The number of rotatable bonds is 4. The standard InChI is InChI=1S/C21H17N3O4S2/c1-13-2-6-15(7-3-13)23-20-19(29-21(25)24-20)12-16-8-11-18(28-16)14-4-9-17(10-5-14)30(22,26)27/h2-12H,1H3,(H2,22,26,27)(H,23,24,25). The Labute approximate surface area is 177 Å². The van der Waals surface area contributed by atoms with E-state index in [2.05, 4.69) is 10.3 Å². The first-order valence-electron chi connectivity index (χ1n) is 8.87. The van der Waals surface area contributed by atoms with Crippen LogP contribution in [0.4, 0.5) is 10.5 Å². The third-order valence-electron chi connectivity index (χ3n) is 4.30. The number of primary sulfonamides is 1. The summed E-state index contributed by atoms with van der Waals surface area (Å²) in [6.45, 7) is 1.99. The van der Waals surface area contributed by atoms with Crippen LogP contribution in [-0.2, 0) is 10.0 Å². The van der Waals surface area contributed by atoms with E-state index in [4.69, 9.17) is 9.56 Å². The summed E-state index contributed by atoms with van der Waals surface area (Å²) in [7, 11) is -3.75. The van der Waals surface area contributed by atoms with Crippen LogP contribution in [0.15, 0.2) is 79.9 Å². The van der Waals surface area contributed by atoms with E-state index in [0.717, 1.165) is 23.0 Å². The first kappa shape index (κ1) is 20.1. The first-order chi connectivity index (χ1) is 14.3. The molecule has 9 heteroatoms. The summed E-state index contributed by atoms with van der Waals surface area (Å²) in [4.78, 5) is 17.1. The van der Waals surface area contributed by atoms with Crippen molar-refractivity contribution in [2.45, 2.75) is 11.8 Å². The Balaban J connectivity index is 1.60. The Kier molecular flexibility index (Phi) is 5.33. The third kappa shape index (κ3) is 4.54. The molecule has 30 heavy (non-hydrogen) atoms. The van der Waals surface area contributed by atoms with Gasteiger partial charge >= 0.3 is 0 Å². The van der Waals surface area contributed by atoms with Gasteiger partial charge in [0, 0.05) is 5.56 Å². The number of aliphatic imine (C=N–C) groups is 1. The second-order valence-electron chi connectivity index (χ2n) is 6.59. The average molecular weight is 440 g/mol. The number of carbonyl (C=O) groups is 1. The van der Waals surface area contributed by atoms with Gasteiger partial charge in [-0.3, -0.25) is 4.79 Å². The summed E-state index contributed by atoms with van der Waals surface area (Å²) in [5, 5.41) is 7.65. The number of nitrogens with zero attached hydrogens (tertiary/aromatic N) is 1. The van der Waals surface area contributed by atoms with E-state index in [1.165, 1.54) is 12.1 Å². The number of sulfonamides is 1. The van der Waals surface area contributed by atoms with Gasteiger partial charge in [0.25, 0.3) is 5.24 Å². The number of nitrogens with one attached hydrogen (secondary N) is 1. The average Bonchev–Trinajstić information content (AvgIpc) is 3.30. The smallest absolute Gasteiger partial charge is 0.289 e. The fourth-order valence-corrected chi connectivity index (χ4v) is 4.02. The molecule has 1 aliphatic rings. The molecule has 4 rings (SSSR count). The first-order valence-corrected chi connectivity index (χ1v) is 11.2. The normalized spacial score (nSPS) is 16.9. The zero-order chi connectivity index (χ0) is 21.3. The van der Waals surface area contributed by atoms with Gasteiger partial charge in [0.2, 0.25) is 10.0 Å². The lowest BCUT2D eigenvalue weighted by Gasteiger charge is -2.01. The molecule has 0 bridgehead atoms. The van der Waals surface area contributed by atoms with Gasteiger partial charge in [-0.15, -0.1) is 0 Å². The quantitative estimate of drug-likeness (QED) is 0.624. The predicted octanol–water partition coefficient (Wildman–Crippen LogP) is 4.43. The maximum absolute atomic E-state index is 11.9. The summed E-state index contributed by atoms with van der Waals surface area (Å²) in [5.41, 5.74) is 2.56. The fourth-order valence-electron chi connectivity index (χ4n) is 2.78. The number of amidine groups is 1. The lowest BCUT2D eigenvalue weighted by atomic mass is 10.2. The van der Waals surface area contributed by atoms with Crippen LogP contribution >= 0.6 is 11.8 Å². The summed E-state index contributed by atoms with van der Waals surface area (Å²) in [6.07, 6.45) is 1.73. The molecule has 1 aromatic heterocycles. The van der Waals surface area contributed by atoms with Gasteiger partial charge in [0.1, 0.15) is 17.4 Å². The Hall–Kier alpha value is -3.14. The number of aryl methyl sites for hydroxylation is 1. The molecule has 1 saturated heterocycles. The third-order valence-corrected chi connectivity index (χ3v) is 6.05. The number of benzene rings is 2. The van der Waals surface area contributed by atoms with E-state index in [9.17, 15) is 13.2 Å². The van der Waals surface area contributed by atoms with Crippen molar-refractivity contribution in [1.82, 2.24) is 5.32 Å². The van der Waals surface area contributed by atoms with Crippen molar-refractivity contribution in [2.24, 2.45) is 10.1 Å². The number of hydrogen-bond donors (Lipinski definition) is 2. The molecule has 1 aliphatic heterocycles. The van der Waals surface area contributed by atoms with Crippen LogP contribution < -0.4 is 10.5 Å². The van der Waals surface area contributed by atoms with Crippen molar-refractivity contribution in [3.63, 3.8) is 0 Å². The van der Waals surface area contributed by atoms with Gasteiger partial charge in [0.15, 0.2) is 0 Å². The minimum absolute atomic E-state index is 0.0315. The van der Waals surface area contributed by atoms with Crippen LogP contribution in [-0.4, -0.2) is 19.5 Å². The molecule has 0 atom stereocenters. The maximum atomic E-state index is 11.9. The molecule has 1 amide bonds. The Morgan fingerprint density at radius 1 is 1.03 bits per heavy atom. The van der Waals surface area contributed by atoms with Gasteiger partial charge in [-0.05, 0) is 73.3 Å². The SMILES string of the molecule is Cc1ccc(N=C2NC(=O)SC2=Cc2ccc(-c3ccc(S(N)(=O)=O)cc3)o2)cc1. The van der Waals surface area contributed by atoms with E-state index in [-0.39, 0.29) is 10.1 Å². The van der Waals surface area contributed by atoms with Crippen molar-refractivity contribution in [3.8, 4) is 11.3 Å². The van der Waals surface area contributed by atoms with E-state index < -0.39 is 10.0 Å². The van der Waals surface area contributed by atoms with Crippen LogP contribution in [0.1, 0.15) is 11.3 Å². The molecule has 0 aliphatic carbocycles. The van der Waals surface area contributed by atoms with Gasteiger partial charge in [-0.25, -0.2) is 18.5 Å². The van der Waals surface area contributed by atoms with Crippen molar-refractivity contribution >= 4 is 44.6 Å². The molecule has 3 aromatic rings.